The molecule has 3 rings (SSSR count). The molecule has 1 amide bonds. The number of amides is 1. The minimum Gasteiger partial charge on any atom is -0.494 e. The van der Waals surface area contributed by atoms with Gasteiger partial charge < -0.3 is 10.1 Å². The Morgan fingerprint density at radius 3 is 2.77 bits per heavy atom. The zero-order chi connectivity index (χ0) is 18.8. The standard InChI is InChI=1S/C16H16F2N4O4/c1-26-14-6-10(22(24)25)4-5-11(14)19-15(23)8-21-13(16(17)18)7-12(20-21)9-2-3-9/h4-7,9,16H,2-3,8H2,1H3,(H,19,23). The second-order valence-corrected chi connectivity index (χ2v) is 5.92. The molecule has 1 N–H and O–H groups in total. The minimum atomic E-state index is -2.74. The van der Waals surface area contributed by atoms with Gasteiger partial charge in [0.15, 0.2) is 0 Å². The van der Waals surface area contributed by atoms with Gasteiger partial charge >= 0.3 is 0 Å². The van der Waals surface area contributed by atoms with Gasteiger partial charge in [-0.1, -0.05) is 0 Å². The van der Waals surface area contributed by atoms with Gasteiger partial charge in [-0.3, -0.25) is 19.6 Å². The lowest BCUT2D eigenvalue weighted by atomic mass is 10.2. The maximum absolute atomic E-state index is 13.2. The molecule has 26 heavy (non-hydrogen) atoms. The molecule has 10 heteroatoms. The van der Waals surface area contributed by atoms with Gasteiger partial charge in [0.2, 0.25) is 5.91 Å². The maximum atomic E-state index is 13.2. The number of nitrogens with one attached hydrogen (secondary N) is 1. The monoisotopic (exact) mass is 366 g/mol. The number of ether oxygens (including phenoxy) is 1. The van der Waals surface area contributed by atoms with Crippen molar-refractivity contribution in [3.05, 3.63) is 45.8 Å². The fraction of sp³-hybridized carbons (Fsp3) is 0.375. The summed E-state index contributed by atoms with van der Waals surface area (Å²) in [6, 6.07) is 5.03. The summed E-state index contributed by atoms with van der Waals surface area (Å²) in [6.07, 6.45) is -0.922. The second kappa shape index (κ2) is 7.06. The number of aromatic nitrogens is 2. The quantitative estimate of drug-likeness (QED) is 0.599. The summed E-state index contributed by atoms with van der Waals surface area (Å²) in [5.74, 6) is -0.308. The van der Waals surface area contributed by atoms with Crippen LogP contribution in [0, 0.1) is 10.1 Å². The Bertz CT molecular complexity index is 849. The van der Waals surface area contributed by atoms with Crippen LogP contribution in [0.25, 0.3) is 0 Å². The Morgan fingerprint density at radius 1 is 1.46 bits per heavy atom. The van der Waals surface area contributed by atoms with Crippen molar-refractivity contribution < 1.29 is 23.2 Å². The van der Waals surface area contributed by atoms with Crippen LogP contribution < -0.4 is 10.1 Å². The lowest BCUT2D eigenvalue weighted by molar-refractivity contribution is -0.384. The summed E-state index contributed by atoms with van der Waals surface area (Å²) >= 11 is 0. The van der Waals surface area contributed by atoms with Crippen molar-refractivity contribution in [1.29, 1.82) is 0 Å². The molecule has 0 unspecified atom stereocenters. The van der Waals surface area contributed by atoms with Gasteiger partial charge in [0.25, 0.3) is 12.1 Å². The average molecular weight is 366 g/mol. The first kappa shape index (κ1) is 17.8. The van der Waals surface area contributed by atoms with Crippen LogP contribution in [0.2, 0.25) is 0 Å². The highest BCUT2D eigenvalue weighted by molar-refractivity contribution is 5.92. The van der Waals surface area contributed by atoms with Crippen LogP contribution in [0.4, 0.5) is 20.2 Å². The maximum Gasteiger partial charge on any atom is 0.280 e. The molecule has 0 bridgehead atoms. The van der Waals surface area contributed by atoms with E-state index in [0.717, 1.165) is 17.5 Å². The SMILES string of the molecule is COc1cc([N+](=O)[O-])ccc1NC(=O)Cn1nc(C2CC2)cc1C(F)F. The van der Waals surface area contributed by atoms with Crippen LogP contribution >= 0.6 is 0 Å². The molecule has 1 aliphatic carbocycles. The third-order valence-electron chi connectivity index (χ3n) is 4.01. The lowest BCUT2D eigenvalue weighted by Gasteiger charge is -2.11. The van der Waals surface area contributed by atoms with Crippen molar-refractivity contribution in [2.75, 3.05) is 12.4 Å². The Kier molecular flexibility index (Phi) is 4.83. The molecule has 138 valence electrons. The van der Waals surface area contributed by atoms with E-state index >= 15 is 0 Å². The van der Waals surface area contributed by atoms with Gasteiger partial charge in [0.1, 0.15) is 18.0 Å². The highest BCUT2D eigenvalue weighted by Gasteiger charge is 2.29. The second-order valence-electron chi connectivity index (χ2n) is 5.92. The number of non-ortho nitro benzene ring substituents is 1. The van der Waals surface area contributed by atoms with Gasteiger partial charge in [-0.2, -0.15) is 5.10 Å². The molecule has 0 saturated heterocycles. The third-order valence-corrected chi connectivity index (χ3v) is 4.01. The summed E-state index contributed by atoms with van der Waals surface area (Å²) in [5.41, 5.74) is 0.274. The van der Waals surface area contributed by atoms with Crippen LogP contribution in [0.3, 0.4) is 0 Å². The summed E-state index contributed by atoms with van der Waals surface area (Å²) in [4.78, 5) is 22.4. The number of nitro groups is 1. The molecule has 0 radical (unpaired) electrons. The number of carbonyl (C=O) groups is 1. The molecule has 0 aliphatic heterocycles. The van der Waals surface area contributed by atoms with Crippen molar-refractivity contribution in [3.8, 4) is 5.75 Å². The highest BCUT2D eigenvalue weighted by atomic mass is 19.3. The molecule has 1 aromatic heterocycles. The number of benzene rings is 1. The normalized spacial score (nSPS) is 13.7. The molecule has 0 spiro atoms. The fourth-order valence-corrected chi connectivity index (χ4v) is 2.56. The van der Waals surface area contributed by atoms with Crippen molar-refractivity contribution >= 4 is 17.3 Å². The number of methoxy groups -OCH3 is 1. The molecular weight excluding hydrogens is 350 g/mol. The zero-order valence-corrected chi connectivity index (χ0v) is 13.8. The molecule has 8 nitrogen and oxygen atoms in total. The summed E-state index contributed by atoms with van der Waals surface area (Å²) < 4.78 is 32.4. The first-order valence-electron chi connectivity index (χ1n) is 7.87. The Labute approximate surface area is 146 Å². The van der Waals surface area contributed by atoms with E-state index in [0.29, 0.717) is 5.69 Å². The number of halogens is 2. The predicted molar refractivity (Wildman–Crippen MR) is 87.4 cm³/mol. The van der Waals surface area contributed by atoms with Crippen LogP contribution in [0.1, 0.15) is 36.6 Å². The van der Waals surface area contributed by atoms with E-state index in [1.54, 1.807) is 0 Å². The van der Waals surface area contributed by atoms with Gasteiger partial charge in [-0.25, -0.2) is 8.78 Å². The number of rotatable bonds is 7. The van der Waals surface area contributed by atoms with Gasteiger partial charge in [-0.05, 0) is 25.0 Å². The largest absolute Gasteiger partial charge is 0.494 e. The van der Waals surface area contributed by atoms with Crippen molar-refractivity contribution in [2.24, 2.45) is 0 Å². The molecule has 2 aromatic rings. The molecule has 0 atom stereocenters. The molecule has 1 fully saturated rings. The number of hydrogen-bond donors (Lipinski definition) is 1. The Morgan fingerprint density at radius 2 is 2.19 bits per heavy atom. The van der Waals surface area contributed by atoms with Crippen LogP contribution in [-0.2, 0) is 11.3 Å². The first-order valence-corrected chi connectivity index (χ1v) is 7.87. The van der Waals surface area contributed by atoms with E-state index in [1.165, 1.54) is 31.4 Å². The topological polar surface area (TPSA) is 99.3 Å². The number of anilines is 1. The summed E-state index contributed by atoms with van der Waals surface area (Å²) in [7, 11) is 1.30. The number of alkyl halides is 2. The average Bonchev–Trinajstić information content (AvgIpc) is 3.35. The Hall–Kier alpha value is -3.04. The third kappa shape index (κ3) is 3.79. The molecule has 1 heterocycles. The van der Waals surface area contributed by atoms with E-state index in [-0.39, 0.29) is 28.7 Å². The number of carbonyl (C=O) groups excluding carboxylic acids is 1. The van der Waals surface area contributed by atoms with Crippen LogP contribution in [0.15, 0.2) is 24.3 Å². The highest BCUT2D eigenvalue weighted by Crippen LogP contribution is 2.40. The van der Waals surface area contributed by atoms with Crippen molar-refractivity contribution in [1.82, 2.24) is 9.78 Å². The molecule has 1 aromatic carbocycles. The van der Waals surface area contributed by atoms with Gasteiger partial charge in [0, 0.05) is 12.0 Å². The van der Waals surface area contributed by atoms with Gasteiger partial charge in [-0.15, -0.1) is 0 Å². The number of hydrogen-bond acceptors (Lipinski definition) is 5. The van der Waals surface area contributed by atoms with Crippen molar-refractivity contribution in [3.63, 3.8) is 0 Å². The lowest BCUT2D eigenvalue weighted by Crippen LogP contribution is -2.21. The smallest absolute Gasteiger partial charge is 0.280 e. The minimum absolute atomic E-state index is 0.0979. The molecule has 1 aliphatic rings. The van der Waals surface area contributed by atoms with Crippen molar-refractivity contribution in [2.45, 2.75) is 31.7 Å². The van der Waals surface area contributed by atoms with E-state index < -0.39 is 23.8 Å². The summed E-state index contributed by atoms with van der Waals surface area (Å²) in [5, 5.41) is 17.4. The fourth-order valence-electron chi connectivity index (χ4n) is 2.56. The van der Waals surface area contributed by atoms with E-state index in [4.69, 9.17) is 4.74 Å². The molecular formula is C16H16F2N4O4. The van der Waals surface area contributed by atoms with Crippen LogP contribution in [-0.4, -0.2) is 27.7 Å². The van der Waals surface area contributed by atoms with E-state index in [2.05, 4.69) is 10.4 Å². The molecule has 1 saturated carbocycles. The number of nitrogens with zero attached hydrogens (tertiary/aromatic N) is 3. The van der Waals surface area contributed by atoms with Gasteiger partial charge in [0.05, 0.1) is 29.5 Å². The summed E-state index contributed by atoms with van der Waals surface area (Å²) in [6.45, 7) is -0.396. The van der Waals surface area contributed by atoms with E-state index in [1.807, 2.05) is 0 Å². The first-order chi connectivity index (χ1) is 12.4. The van der Waals surface area contributed by atoms with Crippen LogP contribution in [0.5, 0.6) is 5.75 Å². The predicted octanol–water partition coefficient (Wildman–Crippen LogP) is 3.25. The Balaban J connectivity index is 1.76. The zero-order valence-electron chi connectivity index (χ0n) is 13.8. The number of nitro benzene ring substituents is 1. The van der Waals surface area contributed by atoms with E-state index in [9.17, 15) is 23.7 Å².